The van der Waals surface area contributed by atoms with Gasteiger partial charge in [-0.3, -0.25) is 0 Å². The van der Waals surface area contributed by atoms with E-state index in [1.165, 1.54) is 0 Å². The van der Waals surface area contributed by atoms with E-state index in [1.807, 2.05) is 19.1 Å². The Morgan fingerprint density at radius 3 is 2.00 bits per heavy atom. The van der Waals surface area contributed by atoms with Gasteiger partial charge in [-0.2, -0.15) is 25.3 Å². The molecule has 0 radical (unpaired) electrons. The first-order valence-electron chi connectivity index (χ1n) is 1.76. The zero-order valence-corrected chi connectivity index (χ0v) is 5.42. The first-order valence-corrected chi connectivity index (χ1v) is 2.79. The monoisotopic (exact) mass is 120 g/mol. The number of rotatable bonds is 1. The van der Waals surface area contributed by atoms with E-state index >= 15 is 0 Å². The van der Waals surface area contributed by atoms with Gasteiger partial charge < -0.3 is 0 Å². The summed E-state index contributed by atoms with van der Waals surface area (Å²) >= 11 is 7.91. The summed E-state index contributed by atoms with van der Waals surface area (Å²) in [7, 11) is 0. The molecule has 0 amide bonds. The first kappa shape index (κ1) is 6.44. The van der Waals surface area contributed by atoms with Crippen molar-refractivity contribution >= 4 is 25.3 Å². The Balaban J connectivity index is 3.03. The van der Waals surface area contributed by atoms with Crippen molar-refractivity contribution < 1.29 is 0 Å². The highest BCUT2D eigenvalue weighted by atomic mass is 32.2. The maximum Gasteiger partial charge on any atom is 0.0622 e. The van der Waals surface area contributed by atoms with Crippen molar-refractivity contribution in [1.29, 1.82) is 0 Å². The van der Waals surface area contributed by atoms with Gasteiger partial charge in [0.15, 0.2) is 0 Å². The van der Waals surface area contributed by atoms with Gasteiger partial charge in [0.1, 0.15) is 0 Å². The maximum atomic E-state index is 3.96. The van der Waals surface area contributed by atoms with Gasteiger partial charge in [-0.1, -0.05) is 12.2 Å². The fraction of sp³-hybridized carbons (Fsp3) is 0.500. The molecule has 0 atom stereocenters. The molecule has 2 heteroatoms. The molecule has 0 aliphatic rings. The summed E-state index contributed by atoms with van der Waals surface area (Å²) in [6.07, 6.45) is 3.82. The van der Waals surface area contributed by atoms with Crippen LogP contribution in [0.2, 0.25) is 0 Å². The van der Waals surface area contributed by atoms with Crippen molar-refractivity contribution in [1.82, 2.24) is 0 Å². The molecule has 0 bridgehead atoms. The lowest BCUT2D eigenvalue weighted by Gasteiger charge is -1.85. The summed E-state index contributed by atoms with van der Waals surface area (Å²) in [4.78, 5) is 0. The Kier molecular flexibility index (Phi) is 3.89. The van der Waals surface area contributed by atoms with Gasteiger partial charge in [-0.25, -0.2) is 0 Å². The van der Waals surface area contributed by atoms with Crippen LogP contribution >= 0.6 is 25.3 Å². The van der Waals surface area contributed by atoms with Crippen molar-refractivity contribution in [2.45, 2.75) is 11.5 Å². The SMILES string of the molecule is CC=CC(S)S. The van der Waals surface area contributed by atoms with E-state index in [4.69, 9.17) is 0 Å². The molecule has 0 aromatic rings. The molecular weight excluding hydrogens is 112 g/mol. The summed E-state index contributed by atoms with van der Waals surface area (Å²) in [5, 5.41) is 0. The van der Waals surface area contributed by atoms with Crippen LogP contribution in [0, 0.1) is 0 Å². The van der Waals surface area contributed by atoms with Crippen LogP contribution in [0.3, 0.4) is 0 Å². The summed E-state index contributed by atoms with van der Waals surface area (Å²) in [5.74, 6) is 0. The Bertz CT molecular complexity index is 47.5. The van der Waals surface area contributed by atoms with Crippen molar-refractivity contribution in [3.63, 3.8) is 0 Å². The zero-order valence-electron chi connectivity index (χ0n) is 3.63. The number of allylic oxidation sites excluding steroid dienone is 1. The normalized spacial score (nSPS) is 11.3. The highest BCUT2D eigenvalue weighted by molar-refractivity contribution is 7.99. The van der Waals surface area contributed by atoms with E-state index in [0.29, 0.717) is 0 Å². The molecule has 0 rings (SSSR count). The molecule has 0 aromatic heterocycles. The average Bonchev–Trinajstić information content (AvgIpc) is 1.35. The Labute approximate surface area is 49.5 Å². The van der Waals surface area contributed by atoms with E-state index < -0.39 is 0 Å². The largest absolute Gasteiger partial charge is 0.161 e. The molecule has 0 saturated heterocycles. The third kappa shape index (κ3) is 4.44. The molecule has 0 aliphatic heterocycles. The van der Waals surface area contributed by atoms with Gasteiger partial charge >= 0.3 is 0 Å². The molecule has 0 spiro atoms. The number of thiol groups is 2. The molecule has 0 aromatic carbocycles. The van der Waals surface area contributed by atoms with E-state index in [2.05, 4.69) is 25.3 Å². The Hall–Kier alpha value is 0.440. The molecule has 0 aliphatic carbocycles. The molecule has 0 saturated carbocycles. The zero-order chi connectivity index (χ0) is 4.99. The minimum Gasteiger partial charge on any atom is -0.161 e. The lowest BCUT2D eigenvalue weighted by molar-refractivity contribution is 1.61. The van der Waals surface area contributed by atoms with Crippen LogP contribution in [-0.4, -0.2) is 4.58 Å². The lowest BCUT2D eigenvalue weighted by Crippen LogP contribution is -1.72. The minimum atomic E-state index is 0.106. The highest BCUT2D eigenvalue weighted by Crippen LogP contribution is 1.99. The predicted molar refractivity (Wildman–Crippen MR) is 36.6 cm³/mol. The second-order valence-corrected chi connectivity index (χ2v) is 2.46. The van der Waals surface area contributed by atoms with E-state index in [9.17, 15) is 0 Å². The topological polar surface area (TPSA) is 0 Å². The van der Waals surface area contributed by atoms with E-state index in [-0.39, 0.29) is 4.58 Å². The maximum absolute atomic E-state index is 3.96. The van der Waals surface area contributed by atoms with Crippen LogP contribution in [0.5, 0.6) is 0 Å². The second-order valence-electron chi connectivity index (χ2n) is 0.939. The summed E-state index contributed by atoms with van der Waals surface area (Å²) in [5.41, 5.74) is 0. The fourth-order valence-corrected chi connectivity index (χ4v) is 0.516. The third-order valence-electron chi connectivity index (χ3n) is 0.365. The van der Waals surface area contributed by atoms with Crippen LogP contribution in [0.15, 0.2) is 12.2 Å². The molecule has 0 fully saturated rings. The molecule has 6 heavy (non-hydrogen) atoms. The van der Waals surface area contributed by atoms with Gasteiger partial charge in [-0.15, -0.1) is 0 Å². The van der Waals surface area contributed by atoms with Crippen LogP contribution in [0.4, 0.5) is 0 Å². The van der Waals surface area contributed by atoms with E-state index in [0.717, 1.165) is 0 Å². The summed E-state index contributed by atoms with van der Waals surface area (Å²) < 4.78 is 0.106. The van der Waals surface area contributed by atoms with Gasteiger partial charge in [0.05, 0.1) is 4.58 Å². The van der Waals surface area contributed by atoms with Crippen LogP contribution in [0.25, 0.3) is 0 Å². The van der Waals surface area contributed by atoms with Crippen LogP contribution in [-0.2, 0) is 0 Å². The fourth-order valence-electron chi connectivity index (χ4n) is 0.172. The second kappa shape index (κ2) is 3.62. The third-order valence-corrected chi connectivity index (χ3v) is 0.709. The number of hydrogen-bond acceptors (Lipinski definition) is 2. The summed E-state index contributed by atoms with van der Waals surface area (Å²) in [6, 6.07) is 0. The molecule has 0 nitrogen and oxygen atoms in total. The van der Waals surface area contributed by atoms with Gasteiger partial charge in [0.25, 0.3) is 0 Å². The quantitative estimate of drug-likeness (QED) is 0.294. The number of hydrogen-bond donors (Lipinski definition) is 2. The van der Waals surface area contributed by atoms with Crippen molar-refractivity contribution in [2.24, 2.45) is 0 Å². The minimum absolute atomic E-state index is 0.106. The smallest absolute Gasteiger partial charge is 0.0622 e. The molecule has 0 heterocycles. The van der Waals surface area contributed by atoms with Crippen LogP contribution in [0.1, 0.15) is 6.92 Å². The van der Waals surface area contributed by atoms with Crippen LogP contribution < -0.4 is 0 Å². The Morgan fingerprint density at radius 2 is 2.00 bits per heavy atom. The van der Waals surface area contributed by atoms with Crippen molar-refractivity contribution in [3.05, 3.63) is 12.2 Å². The van der Waals surface area contributed by atoms with Crippen molar-refractivity contribution in [2.75, 3.05) is 0 Å². The summed E-state index contributed by atoms with van der Waals surface area (Å²) in [6.45, 7) is 1.94. The van der Waals surface area contributed by atoms with Gasteiger partial charge in [0.2, 0.25) is 0 Å². The predicted octanol–water partition coefficient (Wildman–Crippen LogP) is 1.75. The lowest BCUT2D eigenvalue weighted by atomic mass is 10.6. The average molecular weight is 120 g/mol. The standard InChI is InChI=1S/C4H8S2/c1-2-3-4(5)6/h2-6H,1H3. The van der Waals surface area contributed by atoms with Crippen molar-refractivity contribution in [3.8, 4) is 0 Å². The molecule has 0 unspecified atom stereocenters. The Morgan fingerprint density at radius 1 is 1.50 bits per heavy atom. The van der Waals surface area contributed by atoms with E-state index in [1.54, 1.807) is 0 Å². The van der Waals surface area contributed by atoms with Gasteiger partial charge in [-0.05, 0) is 6.92 Å². The molecule has 0 N–H and O–H groups in total. The highest BCUT2D eigenvalue weighted by Gasteiger charge is 1.78. The first-order chi connectivity index (χ1) is 2.77. The van der Waals surface area contributed by atoms with Gasteiger partial charge in [0, 0.05) is 0 Å². The molecular formula is C4H8S2. The molecule has 36 valence electrons.